The molecule has 1 aromatic heterocycles. The maximum absolute atomic E-state index is 12.3. The molecule has 130 valence electrons. The first-order valence-electron chi connectivity index (χ1n) is 8.81. The van der Waals surface area contributed by atoms with E-state index in [9.17, 15) is 4.79 Å². The SMILES string of the molecule is C/C=C/CC(=O)N1CCC[C@@H](c2cc(N3CCOCC3)ncn2)C1. The maximum atomic E-state index is 12.3. The summed E-state index contributed by atoms with van der Waals surface area (Å²) in [6, 6.07) is 2.09. The van der Waals surface area contributed by atoms with E-state index in [0.717, 1.165) is 63.7 Å². The Balaban J connectivity index is 1.68. The van der Waals surface area contributed by atoms with Crippen molar-refractivity contribution in [2.75, 3.05) is 44.3 Å². The molecule has 6 nitrogen and oxygen atoms in total. The van der Waals surface area contributed by atoms with Crippen LogP contribution in [-0.2, 0) is 9.53 Å². The predicted octanol–water partition coefficient (Wildman–Crippen LogP) is 1.99. The van der Waals surface area contributed by atoms with Gasteiger partial charge < -0.3 is 14.5 Å². The zero-order valence-electron chi connectivity index (χ0n) is 14.4. The van der Waals surface area contributed by atoms with E-state index in [2.05, 4.69) is 20.9 Å². The molecule has 0 unspecified atom stereocenters. The van der Waals surface area contributed by atoms with Crippen LogP contribution in [0.2, 0.25) is 0 Å². The first-order valence-corrected chi connectivity index (χ1v) is 8.81. The zero-order valence-corrected chi connectivity index (χ0v) is 14.4. The minimum Gasteiger partial charge on any atom is -0.378 e. The largest absolute Gasteiger partial charge is 0.378 e. The monoisotopic (exact) mass is 330 g/mol. The highest BCUT2D eigenvalue weighted by molar-refractivity contribution is 5.77. The molecule has 0 radical (unpaired) electrons. The molecule has 0 saturated carbocycles. The van der Waals surface area contributed by atoms with E-state index in [1.165, 1.54) is 0 Å². The Morgan fingerprint density at radius 2 is 2.17 bits per heavy atom. The van der Waals surface area contributed by atoms with Gasteiger partial charge in [0.15, 0.2) is 0 Å². The number of carbonyl (C=O) groups is 1. The van der Waals surface area contributed by atoms with Crippen LogP contribution in [0.4, 0.5) is 5.82 Å². The quantitative estimate of drug-likeness (QED) is 0.790. The summed E-state index contributed by atoms with van der Waals surface area (Å²) in [5.74, 6) is 1.48. The first-order chi connectivity index (χ1) is 11.8. The lowest BCUT2D eigenvalue weighted by molar-refractivity contribution is -0.131. The van der Waals surface area contributed by atoms with Crippen molar-refractivity contribution in [3.63, 3.8) is 0 Å². The number of morpholine rings is 1. The number of hydrogen-bond acceptors (Lipinski definition) is 5. The topological polar surface area (TPSA) is 58.6 Å². The van der Waals surface area contributed by atoms with Crippen molar-refractivity contribution >= 4 is 11.7 Å². The van der Waals surface area contributed by atoms with Gasteiger partial charge in [-0.15, -0.1) is 0 Å². The molecule has 0 N–H and O–H groups in total. The summed E-state index contributed by atoms with van der Waals surface area (Å²) < 4.78 is 5.41. The molecule has 0 aromatic carbocycles. The van der Waals surface area contributed by atoms with Crippen molar-refractivity contribution in [2.45, 2.75) is 32.1 Å². The number of rotatable bonds is 4. The Labute approximate surface area is 143 Å². The number of anilines is 1. The van der Waals surface area contributed by atoms with Gasteiger partial charge in [0.25, 0.3) is 0 Å². The molecule has 1 atom stereocenters. The van der Waals surface area contributed by atoms with E-state index < -0.39 is 0 Å². The minimum absolute atomic E-state index is 0.209. The molecule has 0 aliphatic carbocycles. The lowest BCUT2D eigenvalue weighted by Crippen LogP contribution is -2.39. The van der Waals surface area contributed by atoms with Crippen molar-refractivity contribution < 1.29 is 9.53 Å². The molecule has 3 heterocycles. The van der Waals surface area contributed by atoms with E-state index in [0.29, 0.717) is 12.3 Å². The second kappa shape index (κ2) is 8.24. The number of piperidine rings is 1. The number of amides is 1. The van der Waals surface area contributed by atoms with Crippen LogP contribution in [-0.4, -0.2) is 60.2 Å². The third kappa shape index (κ3) is 4.12. The average molecular weight is 330 g/mol. The van der Waals surface area contributed by atoms with Gasteiger partial charge in [-0.05, 0) is 19.8 Å². The molecule has 2 aliphatic heterocycles. The minimum atomic E-state index is 0.209. The Morgan fingerprint density at radius 3 is 2.96 bits per heavy atom. The molecule has 2 fully saturated rings. The fraction of sp³-hybridized carbons (Fsp3) is 0.611. The normalized spacial score (nSPS) is 22.1. The number of allylic oxidation sites excluding steroid dienone is 1. The summed E-state index contributed by atoms with van der Waals surface area (Å²) in [6.45, 7) is 6.79. The average Bonchev–Trinajstić information content (AvgIpc) is 2.67. The highest BCUT2D eigenvalue weighted by atomic mass is 16.5. The highest BCUT2D eigenvalue weighted by Crippen LogP contribution is 2.27. The molecule has 2 saturated heterocycles. The van der Waals surface area contributed by atoms with Crippen LogP contribution in [0, 0.1) is 0 Å². The predicted molar refractivity (Wildman–Crippen MR) is 93.1 cm³/mol. The standard InChI is InChI=1S/C18H26N4O2/c1-2-3-6-18(23)22-7-4-5-15(13-22)16-12-17(20-14-19-16)21-8-10-24-11-9-21/h2-3,12,14-15H,4-11,13H2,1H3/b3-2+/t15-/m1/s1. The van der Waals surface area contributed by atoms with Gasteiger partial charge in [-0.2, -0.15) is 0 Å². The van der Waals surface area contributed by atoms with Crippen molar-refractivity contribution in [2.24, 2.45) is 0 Å². The van der Waals surface area contributed by atoms with E-state index >= 15 is 0 Å². The smallest absolute Gasteiger partial charge is 0.226 e. The van der Waals surface area contributed by atoms with Crippen molar-refractivity contribution in [1.82, 2.24) is 14.9 Å². The summed E-state index contributed by atoms with van der Waals surface area (Å²) in [5.41, 5.74) is 1.05. The van der Waals surface area contributed by atoms with Gasteiger partial charge in [-0.25, -0.2) is 9.97 Å². The molecule has 1 amide bonds. The van der Waals surface area contributed by atoms with Gasteiger partial charge in [0.05, 0.1) is 18.9 Å². The summed E-state index contributed by atoms with van der Waals surface area (Å²) in [4.78, 5) is 25.4. The van der Waals surface area contributed by atoms with Crippen molar-refractivity contribution in [3.8, 4) is 0 Å². The van der Waals surface area contributed by atoms with Gasteiger partial charge in [0.1, 0.15) is 12.1 Å². The molecule has 1 aromatic rings. The fourth-order valence-corrected chi connectivity index (χ4v) is 3.34. The number of carbonyl (C=O) groups excluding carboxylic acids is 1. The summed E-state index contributed by atoms with van der Waals surface area (Å²) in [6.07, 6.45) is 8.11. The molecular formula is C18H26N4O2. The van der Waals surface area contributed by atoms with Crippen LogP contribution in [0.3, 0.4) is 0 Å². The summed E-state index contributed by atoms with van der Waals surface area (Å²) >= 11 is 0. The fourth-order valence-electron chi connectivity index (χ4n) is 3.34. The molecule has 6 heteroatoms. The number of hydrogen-bond donors (Lipinski definition) is 0. The molecular weight excluding hydrogens is 304 g/mol. The molecule has 0 spiro atoms. The third-order valence-electron chi connectivity index (χ3n) is 4.73. The Hall–Kier alpha value is -1.95. The van der Waals surface area contributed by atoms with Crippen LogP contribution in [0.1, 0.15) is 37.8 Å². The lowest BCUT2D eigenvalue weighted by Gasteiger charge is -2.33. The van der Waals surface area contributed by atoms with Gasteiger partial charge in [-0.1, -0.05) is 12.2 Å². The second-order valence-corrected chi connectivity index (χ2v) is 6.35. The van der Waals surface area contributed by atoms with E-state index in [1.807, 2.05) is 24.0 Å². The van der Waals surface area contributed by atoms with Gasteiger partial charge in [-0.3, -0.25) is 4.79 Å². The van der Waals surface area contributed by atoms with Crippen molar-refractivity contribution in [3.05, 3.63) is 30.2 Å². The zero-order chi connectivity index (χ0) is 16.8. The number of aromatic nitrogens is 2. The number of likely N-dealkylation sites (tertiary alicyclic amines) is 1. The number of nitrogens with zero attached hydrogens (tertiary/aromatic N) is 4. The van der Waals surface area contributed by atoms with E-state index in [4.69, 9.17) is 4.74 Å². The Morgan fingerprint density at radius 1 is 1.33 bits per heavy atom. The number of ether oxygens (including phenoxy) is 1. The molecule has 0 bridgehead atoms. The van der Waals surface area contributed by atoms with Gasteiger partial charge >= 0.3 is 0 Å². The molecule has 24 heavy (non-hydrogen) atoms. The third-order valence-corrected chi connectivity index (χ3v) is 4.73. The van der Waals surface area contributed by atoms with Crippen LogP contribution in [0.5, 0.6) is 0 Å². The Kier molecular flexibility index (Phi) is 5.80. The van der Waals surface area contributed by atoms with Crippen LogP contribution >= 0.6 is 0 Å². The maximum Gasteiger partial charge on any atom is 0.226 e. The first kappa shape index (κ1) is 16.9. The van der Waals surface area contributed by atoms with E-state index in [-0.39, 0.29) is 5.91 Å². The van der Waals surface area contributed by atoms with Gasteiger partial charge in [0.2, 0.25) is 5.91 Å². The molecule has 3 rings (SSSR count). The second-order valence-electron chi connectivity index (χ2n) is 6.35. The van der Waals surface area contributed by atoms with Crippen molar-refractivity contribution in [1.29, 1.82) is 0 Å². The highest BCUT2D eigenvalue weighted by Gasteiger charge is 2.25. The van der Waals surface area contributed by atoms with Crippen LogP contribution < -0.4 is 4.90 Å². The Bertz CT molecular complexity index is 584. The van der Waals surface area contributed by atoms with E-state index in [1.54, 1.807) is 6.33 Å². The van der Waals surface area contributed by atoms with Crippen LogP contribution in [0.25, 0.3) is 0 Å². The summed E-state index contributed by atoms with van der Waals surface area (Å²) in [5, 5.41) is 0. The summed E-state index contributed by atoms with van der Waals surface area (Å²) in [7, 11) is 0. The lowest BCUT2D eigenvalue weighted by atomic mass is 9.94. The van der Waals surface area contributed by atoms with Crippen LogP contribution in [0.15, 0.2) is 24.5 Å². The molecule has 2 aliphatic rings. The van der Waals surface area contributed by atoms with Gasteiger partial charge in [0, 0.05) is 44.6 Å².